The Balaban J connectivity index is 1.93. The van der Waals surface area contributed by atoms with Crippen LogP contribution in [-0.2, 0) is 0 Å². The first-order chi connectivity index (χ1) is 13.6. The molecule has 0 fully saturated rings. The maximum Gasteiger partial charge on any atom is 0.154 e. The summed E-state index contributed by atoms with van der Waals surface area (Å²) in [6, 6.07) is 15.6. The fourth-order valence-electron chi connectivity index (χ4n) is 3.16. The van der Waals surface area contributed by atoms with E-state index in [4.69, 9.17) is 5.21 Å². The molecule has 140 valence electrons. The maximum atomic E-state index is 9.05. The van der Waals surface area contributed by atoms with Gasteiger partial charge in [-0.15, -0.1) is 0 Å². The predicted molar refractivity (Wildman–Crippen MR) is 110 cm³/mol. The average molecular weight is 372 g/mol. The molecular weight excluding hydrogens is 352 g/mol. The number of benzene rings is 1. The normalized spacial score (nSPS) is 11.8. The van der Waals surface area contributed by atoms with Gasteiger partial charge in [0, 0.05) is 29.4 Å². The summed E-state index contributed by atoms with van der Waals surface area (Å²) in [5.74, 6) is 0.763. The second kappa shape index (κ2) is 7.11. The van der Waals surface area contributed by atoms with Gasteiger partial charge in [-0.3, -0.25) is 0 Å². The van der Waals surface area contributed by atoms with Gasteiger partial charge in [-0.2, -0.15) is 5.10 Å². The van der Waals surface area contributed by atoms with Crippen LogP contribution < -0.4 is 5.32 Å². The number of hydrogen-bond donors (Lipinski definition) is 2. The molecule has 7 nitrogen and oxygen atoms in total. The number of aromatic nitrogens is 4. The van der Waals surface area contributed by atoms with Gasteiger partial charge in [-0.1, -0.05) is 17.3 Å². The number of rotatable bonds is 4. The van der Waals surface area contributed by atoms with Gasteiger partial charge in [-0.05, 0) is 50.2 Å². The summed E-state index contributed by atoms with van der Waals surface area (Å²) in [6.07, 6.45) is 1.83. The highest BCUT2D eigenvalue weighted by Gasteiger charge is 2.13. The third-order valence-electron chi connectivity index (χ3n) is 4.61. The molecule has 0 saturated carbocycles. The van der Waals surface area contributed by atoms with Gasteiger partial charge in [0.2, 0.25) is 0 Å². The van der Waals surface area contributed by atoms with Crippen molar-refractivity contribution >= 4 is 22.3 Å². The van der Waals surface area contributed by atoms with Crippen LogP contribution in [0.25, 0.3) is 28.0 Å². The summed E-state index contributed by atoms with van der Waals surface area (Å²) in [5, 5.41) is 21.1. The molecule has 4 rings (SSSR count). The molecule has 3 heterocycles. The van der Waals surface area contributed by atoms with Gasteiger partial charge < -0.3 is 10.5 Å². The lowest BCUT2D eigenvalue weighted by molar-refractivity contribution is 0.319. The highest BCUT2D eigenvalue weighted by Crippen LogP contribution is 2.31. The quantitative estimate of drug-likeness (QED) is 0.321. The Bertz CT molecular complexity index is 1190. The smallest absolute Gasteiger partial charge is 0.154 e. The maximum absolute atomic E-state index is 9.05. The molecule has 1 aromatic carbocycles. The average Bonchev–Trinajstić information content (AvgIpc) is 3.16. The van der Waals surface area contributed by atoms with Crippen LogP contribution in [0.1, 0.15) is 18.3 Å². The largest absolute Gasteiger partial charge is 0.411 e. The highest BCUT2D eigenvalue weighted by atomic mass is 16.4. The predicted octanol–water partition coefficient (Wildman–Crippen LogP) is 4.03. The minimum atomic E-state index is 0.464. The van der Waals surface area contributed by atoms with E-state index in [1.807, 2.05) is 73.4 Å². The number of fused-ring (bicyclic) bond motifs is 1. The van der Waals surface area contributed by atoms with Gasteiger partial charge >= 0.3 is 0 Å². The Morgan fingerprint density at radius 3 is 2.68 bits per heavy atom. The summed E-state index contributed by atoms with van der Waals surface area (Å²) in [6.45, 7) is 3.67. The summed E-state index contributed by atoms with van der Waals surface area (Å²) in [7, 11) is 1.88. The minimum absolute atomic E-state index is 0.464. The molecule has 0 spiro atoms. The van der Waals surface area contributed by atoms with Crippen molar-refractivity contribution in [2.75, 3.05) is 12.4 Å². The Kier molecular flexibility index (Phi) is 4.49. The first kappa shape index (κ1) is 17.7. The third-order valence-corrected chi connectivity index (χ3v) is 4.61. The van der Waals surface area contributed by atoms with E-state index in [1.54, 1.807) is 6.92 Å². The van der Waals surface area contributed by atoms with Gasteiger partial charge in [0.1, 0.15) is 5.71 Å². The molecule has 0 unspecified atom stereocenters. The summed E-state index contributed by atoms with van der Waals surface area (Å²) in [4.78, 5) is 9.23. The molecule has 0 radical (unpaired) electrons. The monoisotopic (exact) mass is 372 g/mol. The van der Waals surface area contributed by atoms with Crippen LogP contribution in [0.4, 0.5) is 5.69 Å². The molecule has 0 aliphatic carbocycles. The van der Waals surface area contributed by atoms with Crippen molar-refractivity contribution in [2.45, 2.75) is 13.8 Å². The standard InChI is InChI=1S/C21H20N6O/c1-13-6-4-9-21(24-13)27-20-11-15(10-19(22-3)16(20)12-23-27)18-8-5-7-17(25-18)14(2)26-28/h4-12,22,28H,1-3H3. The number of nitrogens with one attached hydrogen (secondary N) is 1. The summed E-state index contributed by atoms with van der Waals surface area (Å²) in [5.41, 5.74) is 5.61. The molecule has 0 amide bonds. The van der Waals surface area contributed by atoms with Crippen molar-refractivity contribution in [1.29, 1.82) is 0 Å². The fraction of sp³-hybridized carbons (Fsp3) is 0.143. The van der Waals surface area contributed by atoms with Gasteiger partial charge in [0.15, 0.2) is 5.82 Å². The van der Waals surface area contributed by atoms with Crippen molar-refractivity contribution in [2.24, 2.45) is 5.16 Å². The SMILES string of the molecule is CNc1cc(-c2cccc(C(C)=NO)n2)cc2c1cnn2-c1cccc(C)n1. The van der Waals surface area contributed by atoms with E-state index in [2.05, 4.69) is 25.5 Å². The van der Waals surface area contributed by atoms with E-state index >= 15 is 0 Å². The molecule has 3 aromatic heterocycles. The van der Waals surface area contributed by atoms with Crippen LogP contribution in [0.15, 0.2) is 59.9 Å². The third kappa shape index (κ3) is 3.07. The molecular formula is C21H20N6O. The number of anilines is 1. The zero-order valence-corrected chi connectivity index (χ0v) is 15.9. The lowest BCUT2D eigenvalue weighted by atomic mass is 10.1. The van der Waals surface area contributed by atoms with Crippen molar-refractivity contribution in [3.8, 4) is 17.1 Å². The lowest BCUT2D eigenvalue weighted by Gasteiger charge is -2.10. The Morgan fingerprint density at radius 2 is 1.93 bits per heavy atom. The molecule has 0 aliphatic rings. The molecule has 28 heavy (non-hydrogen) atoms. The van der Waals surface area contributed by atoms with Gasteiger partial charge in [0.25, 0.3) is 0 Å². The topological polar surface area (TPSA) is 88.2 Å². The van der Waals surface area contributed by atoms with Crippen molar-refractivity contribution < 1.29 is 5.21 Å². The Hall–Kier alpha value is -3.74. The zero-order valence-electron chi connectivity index (χ0n) is 15.9. The van der Waals surface area contributed by atoms with Crippen molar-refractivity contribution in [3.05, 3.63) is 66.1 Å². The second-order valence-electron chi connectivity index (χ2n) is 6.49. The fourth-order valence-corrected chi connectivity index (χ4v) is 3.16. The van der Waals surface area contributed by atoms with E-state index in [0.29, 0.717) is 11.4 Å². The van der Waals surface area contributed by atoms with Crippen molar-refractivity contribution in [3.63, 3.8) is 0 Å². The Labute approximate surface area is 162 Å². The Morgan fingerprint density at radius 1 is 1.11 bits per heavy atom. The molecule has 4 aromatic rings. The van der Waals surface area contributed by atoms with Crippen LogP contribution in [0.3, 0.4) is 0 Å². The first-order valence-electron chi connectivity index (χ1n) is 8.90. The van der Waals surface area contributed by atoms with Crippen LogP contribution >= 0.6 is 0 Å². The van der Waals surface area contributed by atoms with E-state index in [-0.39, 0.29) is 0 Å². The second-order valence-corrected chi connectivity index (χ2v) is 6.49. The number of aryl methyl sites for hydroxylation is 1. The number of pyridine rings is 2. The van der Waals surface area contributed by atoms with E-state index in [9.17, 15) is 0 Å². The highest BCUT2D eigenvalue weighted by molar-refractivity contribution is 5.98. The number of oxime groups is 1. The van der Waals surface area contributed by atoms with Crippen molar-refractivity contribution in [1.82, 2.24) is 19.7 Å². The zero-order chi connectivity index (χ0) is 19.7. The molecule has 0 saturated heterocycles. The van der Waals surface area contributed by atoms with E-state index in [1.165, 1.54) is 0 Å². The molecule has 0 aliphatic heterocycles. The lowest BCUT2D eigenvalue weighted by Crippen LogP contribution is -2.01. The van der Waals surface area contributed by atoms with Gasteiger partial charge in [0.05, 0.1) is 23.1 Å². The van der Waals surface area contributed by atoms with Gasteiger partial charge in [-0.25, -0.2) is 14.6 Å². The molecule has 7 heteroatoms. The molecule has 0 bridgehead atoms. The summed E-state index contributed by atoms with van der Waals surface area (Å²) >= 11 is 0. The first-order valence-corrected chi connectivity index (χ1v) is 8.90. The van der Waals surface area contributed by atoms with E-state index < -0.39 is 0 Å². The number of nitrogens with zero attached hydrogens (tertiary/aromatic N) is 5. The van der Waals surface area contributed by atoms with Crippen LogP contribution in [0, 0.1) is 6.92 Å². The van der Waals surface area contributed by atoms with Crippen LogP contribution in [-0.4, -0.2) is 37.7 Å². The van der Waals surface area contributed by atoms with E-state index in [0.717, 1.165) is 39.4 Å². The minimum Gasteiger partial charge on any atom is -0.411 e. The van der Waals surface area contributed by atoms with Crippen LogP contribution in [0.5, 0.6) is 0 Å². The number of hydrogen-bond acceptors (Lipinski definition) is 6. The molecule has 0 atom stereocenters. The molecule has 2 N–H and O–H groups in total. The van der Waals surface area contributed by atoms with Crippen LogP contribution in [0.2, 0.25) is 0 Å². The summed E-state index contributed by atoms with van der Waals surface area (Å²) < 4.78 is 1.83.